The lowest BCUT2D eigenvalue weighted by Crippen LogP contribution is -1.95. The van der Waals surface area contributed by atoms with Crippen molar-refractivity contribution < 1.29 is 9.59 Å². The van der Waals surface area contributed by atoms with E-state index in [1.54, 1.807) is 19.3 Å². The van der Waals surface area contributed by atoms with Crippen LogP contribution >= 0.6 is 0 Å². The smallest absolute Gasteiger partial charge is 0.176 e. The third-order valence-electron chi connectivity index (χ3n) is 2.81. The molecule has 0 saturated heterocycles. The summed E-state index contributed by atoms with van der Waals surface area (Å²) in [5, 5.41) is 0. The molecule has 0 aliphatic rings. The Balaban J connectivity index is 2.63. The molecule has 0 aliphatic heterocycles. The molecule has 5 heteroatoms. The van der Waals surface area contributed by atoms with Gasteiger partial charge in [-0.2, -0.15) is 0 Å². The van der Waals surface area contributed by atoms with E-state index >= 15 is 0 Å². The Labute approximate surface area is 104 Å². The van der Waals surface area contributed by atoms with Crippen LogP contribution < -0.4 is 0 Å². The molecule has 0 fully saturated rings. The third kappa shape index (κ3) is 1.95. The second-order valence-corrected chi connectivity index (χ2v) is 4.13. The fraction of sp³-hybridized carbons (Fsp3) is 0.231. The summed E-state index contributed by atoms with van der Waals surface area (Å²) >= 11 is 0. The second-order valence-electron chi connectivity index (χ2n) is 4.13. The van der Waals surface area contributed by atoms with Gasteiger partial charge in [0.2, 0.25) is 0 Å². The first-order chi connectivity index (χ1) is 8.54. The van der Waals surface area contributed by atoms with Gasteiger partial charge in [-0.1, -0.05) is 0 Å². The average Bonchev–Trinajstić information content (AvgIpc) is 2.67. The highest BCUT2D eigenvalue weighted by atomic mass is 16.1. The molecule has 2 aromatic rings. The van der Waals surface area contributed by atoms with E-state index < -0.39 is 0 Å². The van der Waals surface area contributed by atoms with Crippen LogP contribution in [0.25, 0.3) is 11.4 Å². The highest BCUT2D eigenvalue weighted by Crippen LogP contribution is 2.25. The Morgan fingerprint density at radius 1 is 1.28 bits per heavy atom. The number of nitrogens with zero attached hydrogens (tertiary/aromatic N) is 2. The van der Waals surface area contributed by atoms with Crippen molar-refractivity contribution in [2.24, 2.45) is 0 Å². The van der Waals surface area contributed by atoms with E-state index in [0.717, 1.165) is 12.0 Å². The van der Waals surface area contributed by atoms with Crippen LogP contribution in [0.5, 0.6) is 0 Å². The summed E-state index contributed by atoms with van der Waals surface area (Å²) in [6, 6.07) is 0. The average molecular weight is 243 g/mol. The number of H-pyrrole nitrogens is 1. The fourth-order valence-electron chi connectivity index (χ4n) is 1.83. The topological polar surface area (TPSA) is 75.7 Å². The lowest BCUT2D eigenvalue weighted by atomic mass is 10.1. The van der Waals surface area contributed by atoms with Crippen LogP contribution in [-0.4, -0.2) is 27.0 Å². The maximum absolute atomic E-state index is 11.4. The number of aromatic nitrogens is 3. The van der Waals surface area contributed by atoms with Crippen molar-refractivity contribution >= 4 is 12.1 Å². The minimum Gasteiger partial charge on any atom is -0.350 e. The van der Waals surface area contributed by atoms with Crippen LogP contribution in [0.15, 0.2) is 12.4 Å². The fourth-order valence-corrected chi connectivity index (χ4v) is 1.83. The molecule has 0 bridgehead atoms. The van der Waals surface area contributed by atoms with Crippen molar-refractivity contribution in [1.82, 2.24) is 15.0 Å². The Morgan fingerprint density at radius 2 is 2.00 bits per heavy atom. The molecular formula is C13H13N3O2. The molecule has 1 N–H and O–H groups in total. The SMILES string of the molecule is CC(=O)c1[nH]c(-c2cnc(C)cn2)c(C=O)c1C. The van der Waals surface area contributed by atoms with Gasteiger partial charge in [0.25, 0.3) is 0 Å². The Bertz CT molecular complexity index is 612. The number of carbonyl (C=O) groups is 2. The molecule has 18 heavy (non-hydrogen) atoms. The zero-order valence-corrected chi connectivity index (χ0v) is 10.4. The quantitative estimate of drug-likeness (QED) is 0.661. The molecule has 0 unspecified atom stereocenters. The predicted molar refractivity (Wildman–Crippen MR) is 66.7 cm³/mol. The molecular weight excluding hydrogens is 230 g/mol. The Morgan fingerprint density at radius 3 is 2.50 bits per heavy atom. The van der Waals surface area contributed by atoms with E-state index in [0.29, 0.717) is 28.2 Å². The van der Waals surface area contributed by atoms with Crippen LogP contribution in [0.3, 0.4) is 0 Å². The summed E-state index contributed by atoms with van der Waals surface area (Å²) in [6.45, 7) is 5.03. The number of hydrogen-bond acceptors (Lipinski definition) is 4. The van der Waals surface area contributed by atoms with Gasteiger partial charge in [-0.25, -0.2) is 0 Å². The van der Waals surface area contributed by atoms with Crippen molar-refractivity contribution in [1.29, 1.82) is 0 Å². The highest BCUT2D eigenvalue weighted by molar-refractivity contribution is 5.99. The minimum absolute atomic E-state index is 0.109. The van der Waals surface area contributed by atoms with Gasteiger partial charge in [-0.05, 0) is 19.4 Å². The first-order valence-electron chi connectivity index (χ1n) is 5.52. The maximum atomic E-state index is 11.4. The lowest BCUT2D eigenvalue weighted by molar-refractivity contribution is 0.101. The van der Waals surface area contributed by atoms with Gasteiger partial charge in [-0.15, -0.1) is 0 Å². The van der Waals surface area contributed by atoms with E-state index in [9.17, 15) is 9.59 Å². The molecule has 0 saturated carbocycles. The summed E-state index contributed by atoms with van der Waals surface area (Å²) in [4.78, 5) is 33.9. The number of aromatic amines is 1. The number of carbonyl (C=O) groups excluding carboxylic acids is 2. The number of hydrogen-bond donors (Lipinski definition) is 1. The number of ketones is 1. The van der Waals surface area contributed by atoms with Crippen LogP contribution in [0.4, 0.5) is 0 Å². The maximum Gasteiger partial charge on any atom is 0.176 e. The number of Topliss-reactive ketones (excluding diaryl/α,β-unsaturated/α-hetero) is 1. The number of aryl methyl sites for hydroxylation is 1. The van der Waals surface area contributed by atoms with Crippen molar-refractivity contribution in [2.45, 2.75) is 20.8 Å². The summed E-state index contributed by atoms with van der Waals surface area (Å²) < 4.78 is 0. The standard InChI is InChI=1S/C13H13N3O2/c1-7-4-15-11(5-14-7)13-10(6-17)8(2)12(16-13)9(3)18/h4-6,16H,1-3H3. The van der Waals surface area contributed by atoms with E-state index in [1.165, 1.54) is 6.92 Å². The summed E-state index contributed by atoms with van der Waals surface area (Å²) in [6.07, 6.45) is 3.93. The molecule has 2 aromatic heterocycles. The minimum atomic E-state index is -0.109. The van der Waals surface area contributed by atoms with E-state index in [-0.39, 0.29) is 5.78 Å². The van der Waals surface area contributed by atoms with E-state index in [1.807, 2.05) is 6.92 Å². The zero-order valence-electron chi connectivity index (χ0n) is 10.4. The summed E-state index contributed by atoms with van der Waals surface area (Å²) in [5.74, 6) is -0.109. The first kappa shape index (κ1) is 12.2. The molecule has 0 radical (unpaired) electrons. The van der Waals surface area contributed by atoms with Crippen LogP contribution in [0.1, 0.15) is 39.0 Å². The predicted octanol–water partition coefficient (Wildman–Crippen LogP) is 2.10. The molecule has 0 spiro atoms. The molecule has 0 aromatic carbocycles. The van der Waals surface area contributed by atoms with Gasteiger partial charge in [0.15, 0.2) is 12.1 Å². The van der Waals surface area contributed by atoms with Crippen LogP contribution in [-0.2, 0) is 0 Å². The van der Waals surface area contributed by atoms with Crippen molar-refractivity contribution in [3.8, 4) is 11.4 Å². The monoisotopic (exact) mass is 243 g/mol. The van der Waals surface area contributed by atoms with Gasteiger partial charge in [0.05, 0.1) is 23.3 Å². The largest absolute Gasteiger partial charge is 0.350 e. The first-order valence-corrected chi connectivity index (χ1v) is 5.52. The number of rotatable bonds is 3. The highest BCUT2D eigenvalue weighted by Gasteiger charge is 2.18. The molecule has 0 amide bonds. The van der Waals surface area contributed by atoms with Gasteiger partial charge in [-0.3, -0.25) is 19.6 Å². The molecule has 0 atom stereocenters. The van der Waals surface area contributed by atoms with Gasteiger partial charge < -0.3 is 4.98 Å². The second kappa shape index (κ2) is 4.52. The molecule has 2 heterocycles. The Kier molecular flexibility index (Phi) is 3.06. The number of aldehydes is 1. The third-order valence-corrected chi connectivity index (χ3v) is 2.81. The van der Waals surface area contributed by atoms with Crippen LogP contribution in [0, 0.1) is 13.8 Å². The molecule has 2 rings (SSSR count). The van der Waals surface area contributed by atoms with Crippen molar-refractivity contribution in [2.75, 3.05) is 0 Å². The summed E-state index contributed by atoms with van der Waals surface area (Å²) in [5.41, 5.74) is 3.43. The molecule has 92 valence electrons. The molecule has 5 nitrogen and oxygen atoms in total. The number of nitrogens with one attached hydrogen (secondary N) is 1. The van der Waals surface area contributed by atoms with Gasteiger partial charge >= 0.3 is 0 Å². The molecule has 0 aliphatic carbocycles. The van der Waals surface area contributed by atoms with Crippen molar-refractivity contribution in [3.63, 3.8) is 0 Å². The van der Waals surface area contributed by atoms with Gasteiger partial charge in [0.1, 0.15) is 5.69 Å². The van der Waals surface area contributed by atoms with Crippen molar-refractivity contribution in [3.05, 3.63) is 34.9 Å². The van der Waals surface area contributed by atoms with E-state index in [4.69, 9.17) is 0 Å². The lowest BCUT2D eigenvalue weighted by Gasteiger charge is -1.99. The van der Waals surface area contributed by atoms with E-state index in [2.05, 4.69) is 15.0 Å². The Hall–Kier alpha value is -2.30. The normalized spacial score (nSPS) is 10.4. The van der Waals surface area contributed by atoms with Gasteiger partial charge in [0, 0.05) is 18.7 Å². The van der Waals surface area contributed by atoms with Crippen LogP contribution in [0.2, 0.25) is 0 Å². The summed E-state index contributed by atoms with van der Waals surface area (Å²) in [7, 11) is 0. The zero-order chi connectivity index (χ0) is 13.3.